The summed E-state index contributed by atoms with van der Waals surface area (Å²) in [6, 6.07) is 0.0438. The van der Waals surface area contributed by atoms with Gasteiger partial charge < -0.3 is 5.32 Å². The molecule has 1 rings (SSSR count). The molecular weight excluding hydrogens is 179 g/mol. The van der Waals surface area contributed by atoms with Gasteiger partial charge in [0.1, 0.15) is 5.69 Å². The highest BCUT2D eigenvalue weighted by atomic mass is 32.1. The first-order valence-electron chi connectivity index (χ1n) is 3.51. The Kier molecular flexibility index (Phi) is 2.75. The average Bonchev–Trinajstić information content (AvgIpc) is 2.34. The van der Waals surface area contributed by atoms with E-state index < -0.39 is 5.26 Å². The van der Waals surface area contributed by atoms with Crippen molar-refractivity contribution in [2.24, 2.45) is 0 Å². The number of rotatable bonds is 2. The van der Waals surface area contributed by atoms with Crippen molar-refractivity contribution in [3.8, 4) is 0 Å². The second-order valence-electron chi connectivity index (χ2n) is 2.61. The number of nitrogens with one attached hydrogen (secondary N) is 1. The Morgan fingerprint density at radius 1 is 1.75 bits per heavy atom. The smallest absolute Gasteiger partial charge is 0.271 e. The van der Waals surface area contributed by atoms with Crippen LogP contribution in [0.4, 0.5) is 4.39 Å². The summed E-state index contributed by atoms with van der Waals surface area (Å²) < 4.78 is 12.4. The summed E-state index contributed by atoms with van der Waals surface area (Å²) in [5, 5.41) is 3.43. The number of carbonyl (C=O) groups excluding carboxylic acids is 1. The maximum atomic E-state index is 12.4. The highest BCUT2D eigenvalue weighted by molar-refractivity contribution is 7.08. The van der Waals surface area contributed by atoms with Gasteiger partial charge in [-0.3, -0.25) is 4.79 Å². The minimum Gasteiger partial charge on any atom is -0.349 e. The monoisotopic (exact) mass is 188 g/mol. The molecule has 1 aromatic heterocycles. The number of nitrogens with zero attached hydrogens (tertiary/aromatic N) is 1. The Hall–Kier alpha value is -0.970. The van der Waals surface area contributed by atoms with Crippen LogP contribution in [0.5, 0.6) is 0 Å². The molecule has 0 saturated heterocycles. The first-order valence-corrected chi connectivity index (χ1v) is 4.39. The van der Waals surface area contributed by atoms with E-state index in [0.29, 0.717) is 0 Å². The quantitative estimate of drug-likeness (QED) is 0.762. The first kappa shape index (κ1) is 9.12. The number of thiazole rings is 1. The van der Waals surface area contributed by atoms with Crippen LogP contribution < -0.4 is 5.32 Å². The van der Waals surface area contributed by atoms with E-state index in [1.54, 1.807) is 0 Å². The highest BCUT2D eigenvalue weighted by Crippen LogP contribution is 2.06. The van der Waals surface area contributed by atoms with Crippen LogP contribution in [0, 0.1) is 5.26 Å². The van der Waals surface area contributed by atoms with E-state index in [4.69, 9.17) is 0 Å². The minimum absolute atomic E-state index is 0.0438. The second-order valence-corrected chi connectivity index (χ2v) is 3.42. The van der Waals surface area contributed by atoms with E-state index in [2.05, 4.69) is 10.3 Å². The van der Waals surface area contributed by atoms with E-state index >= 15 is 0 Å². The van der Waals surface area contributed by atoms with Crippen LogP contribution in [0.15, 0.2) is 5.38 Å². The minimum atomic E-state index is -0.580. The van der Waals surface area contributed by atoms with Gasteiger partial charge in [0, 0.05) is 11.4 Å². The molecule has 0 aliphatic carbocycles. The fourth-order valence-electron chi connectivity index (χ4n) is 0.692. The molecule has 1 amide bonds. The van der Waals surface area contributed by atoms with Gasteiger partial charge in [0.15, 0.2) is 0 Å². The van der Waals surface area contributed by atoms with Crippen LogP contribution >= 0.6 is 11.3 Å². The van der Waals surface area contributed by atoms with Crippen LogP contribution in [0.2, 0.25) is 0 Å². The van der Waals surface area contributed by atoms with Crippen LogP contribution in [-0.4, -0.2) is 16.9 Å². The number of carbonyl (C=O) groups is 1. The van der Waals surface area contributed by atoms with Gasteiger partial charge in [0.2, 0.25) is 0 Å². The molecule has 1 N–H and O–H groups in total. The summed E-state index contributed by atoms with van der Waals surface area (Å²) in [5.41, 5.74) is 0.145. The first-order chi connectivity index (χ1) is 5.59. The van der Waals surface area contributed by atoms with Crippen LogP contribution in [-0.2, 0) is 0 Å². The molecule has 3 nitrogen and oxygen atoms in total. The van der Waals surface area contributed by atoms with Crippen molar-refractivity contribution in [1.29, 1.82) is 0 Å². The molecule has 0 spiro atoms. The van der Waals surface area contributed by atoms with Crippen molar-refractivity contribution in [3.63, 3.8) is 0 Å². The zero-order valence-corrected chi connectivity index (χ0v) is 7.61. The number of amides is 1. The number of hydrogen-bond donors (Lipinski definition) is 1. The lowest BCUT2D eigenvalue weighted by Crippen LogP contribution is -2.30. The predicted molar refractivity (Wildman–Crippen MR) is 44.7 cm³/mol. The molecule has 5 heteroatoms. The van der Waals surface area contributed by atoms with Gasteiger partial charge in [-0.05, 0) is 13.8 Å². The fraction of sp³-hybridized carbons (Fsp3) is 0.429. The second kappa shape index (κ2) is 3.62. The van der Waals surface area contributed by atoms with Crippen molar-refractivity contribution in [2.75, 3.05) is 0 Å². The molecular formula is C7H9FN2OS. The third-order valence-corrected chi connectivity index (χ3v) is 1.76. The third-order valence-electron chi connectivity index (χ3n) is 1.13. The van der Waals surface area contributed by atoms with Crippen molar-refractivity contribution < 1.29 is 9.18 Å². The van der Waals surface area contributed by atoms with Crippen LogP contribution in [0.3, 0.4) is 0 Å². The molecule has 0 atom stereocenters. The van der Waals surface area contributed by atoms with Gasteiger partial charge >= 0.3 is 0 Å². The van der Waals surface area contributed by atoms with Crippen molar-refractivity contribution in [3.05, 3.63) is 16.3 Å². The Bertz CT molecular complexity index is 285. The Morgan fingerprint density at radius 2 is 2.42 bits per heavy atom. The average molecular weight is 188 g/mol. The summed E-state index contributed by atoms with van der Waals surface area (Å²) in [6.07, 6.45) is 0. The molecule has 12 heavy (non-hydrogen) atoms. The standard InChI is InChI=1S/C7H9FN2OS/c1-4(2)9-6(11)5-3-12-7(8)10-5/h3-4H,1-2H3,(H,9,11). The highest BCUT2D eigenvalue weighted by Gasteiger charge is 2.10. The molecule has 0 unspecified atom stereocenters. The van der Waals surface area contributed by atoms with E-state index in [1.807, 2.05) is 13.8 Å². The molecule has 0 aliphatic rings. The zero-order chi connectivity index (χ0) is 9.14. The van der Waals surface area contributed by atoms with E-state index in [1.165, 1.54) is 5.38 Å². The molecule has 1 aromatic rings. The summed E-state index contributed by atoms with van der Waals surface area (Å²) in [6.45, 7) is 3.67. The lowest BCUT2D eigenvalue weighted by atomic mass is 10.3. The SMILES string of the molecule is CC(C)NC(=O)c1csc(F)n1. The number of aromatic nitrogens is 1. The van der Waals surface area contributed by atoms with Crippen molar-refractivity contribution in [1.82, 2.24) is 10.3 Å². The lowest BCUT2D eigenvalue weighted by Gasteiger charge is -2.04. The Labute approximate surface area is 73.6 Å². The summed E-state index contributed by atoms with van der Waals surface area (Å²) in [4.78, 5) is 14.5. The van der Waals surface area contributed by atoms with E-state index in [-0.39, 0.29) is 17.6 Å². The number of hydrogen-bond acceptors (Lipinski definition) is 3. The molecule has 0 bridgehead atoms. The maximum absolute atomic E-state index is 12.4. The van der Waals surface area contributed by atoms with Gasteiger partial charge in [-0.2, -0.15) is 4.39 Å². The number of halogens is 1. The van der Waals surface area contributed by atoms with Crippen molar-refractivity contribution in [2.45, 2.75) is 19.9 Å². The maximum Gasteiger partial charge on any atom is 0.271 e. The van der Waals surface area contributed by atoms with Gasteiger partial charge in [0.25, 0.3) is 11.2 Å². The Morgan fingerprint density at radius 3 is 2.83 bits per heavy atom. The van der Waals surface area contributed by atoms with Gasteiger partial charge in [-0.25, -0.2) is 4.98 Å². The predicted octanol–water partition coefficient (Wildman–Crippen LogP) is 1.42. The van der Waals surface area contributed by atoms with E-state index in [9.17, 15) is 9.18 Å². The van der Waals surface area contributed by atoms with E-state index in [0.717, 1.165) is 11.3 Å². The normalized spacial score (nSPS) is 10.3. The molecule has 0 aliphatic heterocycles. The fourth-order valence-corrected chi connectivity index (χ4v) is 1.21. The topological polar surface area (TPSA) is 42.0 Å². The molecule has 66 valence electrons. The third kappa shape index (κ3) is 2.27. The van der Waals surface area contributed by atoms with Gasteiger partial charge in [-0.15, -0.1) is 0 Å². The summed E-state index contributed by atoms with van der Waals surface area (Å²) in [5.74, 6) is -0.329. The van der Waals surface area contributed by atoms with Gasteiger partial charge in [0.05, 0.1) is 0 Å². The van der Waals surface area contributed by atoms with Crippen LogP contribution in [0.25, 0.3) is 0 Å². The summed E-state index contributed by atoms with van der Waals surface area (Å²) in [7, 11) is 0. The molecule has 0 fully saturated rings. The van der Waals surface area contributed by atoms with Gasteiger partial charge in [-0.1, -0.05) is 11.3 Å². The molecule has 1 heterocycles. The molecule has 0 aromatic carbocycles. The molecule has 0 saturated carbocycles. The lowest BCUT2D eigenvalue weighted by molar-refractivity contribution is 0.0938. The van der Waals surface area contributed by atoms with Crippen molar-refractivity contribution >= 4 is 17.2 Å². The Balaban J connectivity index is 2.65. The van der Waals surface area contributed by atoms with Crippen LogP contribution in [0.1, 0.15) is 24.3 Å². The zero-order valence-electron chi connectivity index (χ0n) is 6.80. The molecule has 0 radical (unpaired) electrons. The largest absolute Gasteiger partial charge is 0.349 e. The summed E-state index contributed by atoms with van der Waals surface area (Å²) >= 11 is 0.821.